The molecule has 0 amide bonds. The lowest BCUT2D eigenvalue weighted by Crippen LogP contribution is -1.80. The summed E-state index contributed by atoms with van der Waals surface area (Å²) >= 11 is 15.6. The lowest BCUT2D eigenvalue weighted by atomic mass is 10.4. The number of hydrogen-bond donors (Lipinski definition) is 0. The van der Waals surface area contributed by atoms with E-state index in [9.17, 15) is 0 Å². The molecule has 2 aliphatic heterocycles. The van der Waals surface area contributed by atoms with Crippen molar-refractivity contribution in [3.8, 4) is 6.07 Å². The number of unbranched alkanes of at least 4 members (excludes halogenated alkanes) is 2. The van der Waals surface area contributed by atoms with Gasteiger partial charge in [0, 0.05) is 12.2 Å². The van der Waals surface area contributed by atoms with Crippen LogP contribution < -0.4 is 0 Å². The maximum atomic E-state index is 8.80. The van der Waals surface area contributed by atoms with Crippen LogP contribution in [0.3, 0.4) is 0 Å². The second-order valence-electron chi connectivity index (χ2n) is 5.50. The minimum absolute atomic E-state index is 0.619. The molecule has 150 valence electrons. The molecule has 0 aromatic heterocycles. The average Bonchev–Trinajstić information content (AvgIpc) is 3.26. The summed E-state index contributed by atoms with van der Waals surface area (Å²) in [6.45, 7) is 4.53. The highest BCUT2D eigenvalue weighted by atomic mass is 32.3. The molecule has 0 spiro atoms. The quantitative estimate of drug-likeness (QED) is 0.237. The monoisotopic (exact) mass is 511 g/mol. The van der Waals surface area contributed by atoms with Crippen molar-refractivity contribution >= 4 is 94.1 Å². The van der Waals surface area contributed by atoms with Crippen molar-refractivity contribution < 1.29 is 0 Å². The summed E-state index contributed by atoms with van der Waals surface area (Å²) in [7, 11) is 0. The first-order chi connectivity index (χ1) is 13.2. The van der Waals surface area contributed by atoms with Gasteiger partial charge in [-0.3, -0.25) is 0 Å². The third-order valence-corrected chi connectivity index (χ3v) is 14.9. The predicted octanol–water partition coefficient (Wildman–Crippen LogP) is 9.40. The molecule has 9 heteroatoms. The first kappa shape index (κ1) is 24.8. The average molecular weight is 512 g/mol. The third kappa shape index (κ3) is 8.28. The van der Waals surface area contributed by atoms with Crippen molar-refractivity contribution in [2.24, 2.45) is 0 Å². The zero-order chi connectivity index (χ0) is 19.5. The van der Waals surface area contributed by atoms with Crippen LogP contribution in [0.5, 0.6) is 0 Å². The molecule has 0 atom stereocenters. The number of rotatable bonds is 12. The minimum atomic E-state index is 0.619. The van der Waals surface area contributed by atoms with Crippen LogP contribution >= 0.6 is 94.1 Å². The topological polar surface area (TPSA) is 23.8 Å². The smallest absolute Gasteiger partial charge is 0.0717 e. The van der Waals surface area contributed by atoms with Gasteiger partial charge in [0.2, 0.25) is 0 Å². The van der Waals surface area contributed by atoms with Gasteiger partial charge in [-0.2, -0.15) is 5.26 Å². The summed E-state index contributed by atoms with van der Waals surface area (Å²) in [5, 5.41) is 8.80. The standard InChI is InChI=1S/C18H25NS8/c1-4-6-10-21-15-16(22-11-7-5-2)27-18(26-15)17-24-13(20-3)14(25-17)23-12-8-9-19/h4-8,10-12H2,1-3H3. The summed E-state index contributed by atoms with van der Waals surface area (Å²) in [6.07, 6.45) is 7.89. The van der Waals surface area contributed by atoms with E-state index < -0.39 is 0 Å². The molecule has 0 unspecified atom stereocenters. The Balaban J connectivity index is 2.03. The molecule has 0 aromatic carbocycles. The van der Waals surface area contributed by atoms with Crippen LogP contribution in [-0.4, -0.2) is 23.5 Å². The van der Waals surface area contributed by atoms with E-state index in [0.29, 0.717) is 6.42 Å². The van der Waals surface area contributed by atoms with Gasteiger partial charge in [0.05, 0.1) is 31.5 Å². The SMILES string of the molecule is CCCCSC1=C(SCCCC)SC(=C2SC(SC)=C(SCCC#N)S2)S1. The van der Waals surface area contributed by atoms with Crippen LogP contribution in [0, 0.1) is 11.3 Å². The van der Waals surface area contributed by atoms with E-state index in [2.05, 4.69) is 26.2 Å². The summed E-state index contributed by atoms with van der Waals surface area (Å²) in [5.41, 5.74) is 0. The maximum absolute atomic E-state index is 8.80. The highest BCUT2D eigenvalue weighted by molar-refractivity contribution is 8.45. The molecule has 0 saturated carbocycles. The zero-order valence-electron chi connectivity index (χ0n) is 15.9. The Kier molecular flexibility index (Phi) is 13.3. The fourth-order valence-electron chi connectivity index (χ4n) is 1.91. The molecule has 1 nitrogen and oxygen atoms in total. The van der Waals surface area contributed by atoms with Gasteiger partial charge in [0.1, 0.15) is 0 Å². The van der Waals surface area contributed by atoms with E-state index in [1.807, 2.05) is 94.1 Å². The molecule has 0 fully saturated rings. The highest BCUT2D eigenvalue weighted by Gasteiger charge is 2.30. The Hall–Kier alpha value is 1.51. The van der Waals surface area contributed by atoms with Crippen molar-refractivity contribution in [3.63, 3.8) is 0 Å². The third-order valence-electron chi connectivity index (χ3n) is 3.34. The first-order valence-electron chi connectivity index (χ1n) is 8.97. The van der Waals surface area contributed by atoms with Crippen LogP contribution in [-0.2, 0) is 0 Å². The molecule has 0 radical (unpaired) electrons. The van der Waals surface area contributed by atoms with Crippen LogP contribution in [0.4, 0.5) is 0 Å². The van der Waals surface area contributed by atoms with E-state index in [1.54, 1.807) is 0 Å². The predicted molar refractivity (Wildman–Crippen MR) is 142 cm³/mol. The Bertz CT molecular complexity index is 608. The molecule has 2 aliphatic rings. The number of nitrogens with zero attached hydrogens (tertiary/aromatic N) is 1. The Labute approximate surface area is 198 Å². The maximum Gasteiger partial charge on any atom is 0.0717 e. The van der Waals surface area contributed by atoms with E-state index in [4.69, 9.17) is 5.26 Å². The fourth-order valence-corrected chi connectivity index (χ4v) is 13.7. The second-order valence-corrected chi connectivity index (χ2v) is 15.3. The summed E-state index contributed by atoms with van der Waals surface area (Å²) in [6, 6.07) is 2.25. The molecule has 0 aliphatic carbocycles. The van der Waals surface area contributed by atoms with Gasteiger partial charge in [-0.25, -0.2) is 0 Å². The Morgan fingerprint density at radius 2 is 1.19 bits per heavy atom. The molecule has 0 saturated heterocycles. The van der Waals surface area contributed by atoms with Crippen LogP contribution in [0.2, 0.25) is 0 Å². The number of thioether (sulfide) groups is 8. The van der Waals surface area contributed by atoms with Gasteiger partial charge >= 0.3 is 0 Å². The Morgan fingerprint density at radius 1 is 0.741 bits per heavy atom. The Morgan fingerprint density at radius 3 is 1.63 bits per heavy atom. The molecule has 27 heavy (non-hydrogen) atoms. The van der Waals surface area contributed by atoms with Crippen molar-refractivity contribution in [1.82, 2.24) is 0 Å². The van der Waals surface area contributed by atoms with Gasteiger partial charge < -0.3 is 0 Å². The normalized spacial score (nSPS) is 17.4. The fraction of sp³-hybridized carbons (Fsp3) is 0.611. The van der Waals surface area contributed by atoms with Gasteiger partial charge in [-0.1, -0.05) is 73.7 Å². The largest absolute Gasteiger partial charge is 0.198 e. The molecule has 2 rings (SSSR count). The molecule has 0 N–H and O–H groups in total. The van der Waals surface area contributed by atoms with Gasteiger partial charge in [-0.15, -0.1) is 47.0 Å². The van der Waals surface area contributed by atoms with Crippen molar-refractivity contribution in [1.29, 1.82) is 5.26 Å². The molecule has 0 aromatic rings. The second kappa shape index (κ2) is 14.5. The summed E-state index contributed by atoms with van der Waals surface area (Å²) < 4.78 is 8.74. The van der Waals surface area contributed by atoms with Gasteiger partial charge in [-0.05, 0) is 30.6 Å². The molecule has 0 bridgehead atoms. The molecule has 2 heterocycles. The lowest BCUT2D eigenvalue weighted by Gasteiger charge is -2.03. The number of hydrogen-bond acceptors (Lipinski definition) is 9. The van der Waals surface area contributed by atoms with E-state index >= 15 is 0 Å². The van der Waals surface area contributed by atoms with E-state index in [1.165, 1.54) is 62.6 Å². The lowest BCUT2D eigenvalue weighted by molar-refractivity contribution is 0.897. The van der Waals surface area contributed by atoms with Gasteiger partial charge in [0.15, 0.2) is 0 Å². The van der Waals surface area contributed by atoms with Gasteiger partial charge in [0.25, 0.3) is 0 Å². The molecular formula is C18H25NS8. The highest BCUT2D eigenvalue weighted by Crippen LogP contribution is 2.65. The van der Waals surface area contributed by atoms with Crippen LogP contribution in [0.25, 0.3) is 0 Å². The molecular weight excluding hydrogens is 487 g/mol. The van der Waals surface area contributed by atoms with Crippen molar-refractivity contribution in [2.45, 2.75) is 46.0 Å². The first-order valence-corrected chi connectivity index (χ1v) is 16.4. The van der Waals surface area contributed by atoms with E-state index in [-0.39, 0.29) is 0 Å². The summed E-state index contributed by atoms with van der Waals surface area (Å²) in [5.74, 6) is 3.34. The minimum Gasteiger partial charge on any atom is -0.198 e. The van der Waals surface area contributed by atoms with Crippen LogP contribution in [0.1, 0.15) is 46.0 Å². The van der Waals surface area contributed by atoms with Crippen LogP contribution in [0.15, 0.2) is 25.4 Å². The number of nitriles is 1. The summed E-state index contributed by atoms with van der Waals surface area (Å²) in [4.78, 5) is 0. The van der Waals surface area contributed by atoms with Crippen molar-refractivity contribution in [2.75, 3.05) is 23.5 Å². The zero-order valence-corrected chi connectivity index (χ0v) is 22.4. The van der Waals surface area contributed by atoms with E-state index in [0.717, 1.165) is 5.75 Å². The van der Waals surface area contributed by atoms with Crippen molar-refractivity contribution in [3.05, 3.63) is 25.4 Å².